The van der Waals surface area contributed by atoms with Crippen molar-refractivity contribution in [3.8, 4) is 17.2 Å². The highest BCUT2D eigenvalue weighted by molar-refractivity contribution is 5.55. The highest BCUT2D eigenvalue weighted by atomic mass is 16.7. The molecule has 108 valence electrons. The van der Waals surface area contributed by atoms with Crippen LogP contribution in [0.2, 0.25) is 0 Å². The molecule has 3 aromatic carbocycles. The van der Waals surface area contributed by atoms with E-state index in [1.165, 1.54) is 0 Å². The number of benzene rings is 3. The van der Waals surface area contributed by atoms with Crippen LogP contribution in [0.15, 0.2) is 78.9 Å². The van der Waals surface area contributed by atoms with Crippen LogP contribution in [0.1, 0.15) is 11.1 Å². The van der Waals surface area contributed by atoms with Crippen molar-refractivity contribution in [3.05, 3.63) is 90.0 Å². The first-order valence-corrected chi connectivity index (χ1v) is 7.11. The molecule has 3 nitrogen and oxygen atoms in total. The first-order valence-electron chi connectivity index (χ1n) is 7.11. The van der Waals surface area contributed by atoms with Crippen molar-refractivity contribution in [3.63, 3.8) is 0 Å². The Morgan fingerprint density at radius 3 is 1.77 bits per heavy atom. The molecule has 0 aromatic heterocycles. The Hall–Kier alpha value is -2.94. The summed E-state index contributed by atoms with van der Waals surface area (Å²) in [6, 6.07) is 24.6. The van der Waals surface area contributed by atoms with Gasteiger partial charge in [0.15, 0.2) is 11.5 Å². The van der Waals surface area contributed by atoms with E-state index in [1.54, 1.807) is 18.2 Å². The maximum Gasteiger partial charge on any atom is 0.305 e. The number of hydrogen-bond donors (Lipinski definition) is 1. The number of phenols is 1. The van der Waals surface area contributed by atoms with E-state index in [4.69, 9.17) is 9.47 Å². The Labute approximate surface area is 128 Å². The normalized spacial score (nSPS) is 14.7. The summed E-state index contributed by atoms with van der Waals surface area (Å²) in [5, 5.41) is 10.1. The molecule has 1 aliphatic rings. The van der Waals surface area contributed by atoms with Gasteiger partial charge in [-0.3, -0.25) is 0 Å². The van der Waals surface area contributed by atoms with Crippen molar-refractivity contribution in [2.24, 2.45) is 0 Å². The highest BCUT2D eigenvalue weighted by Gasteiger charge is 2.46. The Balaban J connectivity index is 1.92. The van der Waals surface area contributed by atoms with Gasteiger partial charge in [-0.25, -0.2) is 0 Å². The Bertz CT molecular complexity index is 758. The number of aromatic hydroxyl groups is 1. The molecule has 0 radical (unpaired) electrons. The lowest BCUT2D eigenvalue weighted by atomic mass is 9.97. The van der Waals surface area contributed by atoms with Gasteiger partial charge in [-0.2, -0.15) is 0 Å². The van der Waals surface area contributed by atoms with Gasteiger partial charge in [0.1, 0.15) is 0 Å². The number of fused-ring (bicyclic) bond motifs is 1. The van der Waals surface area contributed by atoms with Crippen molar-refractivity contribution in [1.82, 2.24) is 0 Å². The molecule has 1 heterocycles. The number of rotatable bonds is 2. The largest absolute Gasteiger partial charge is 0.504 e. The molecule has 0 fully saturated rings. The van der Waals surface area contributed by atoms with Crippen LogP contribution in [0, 0.1) is 0 Å². The van der Waals surface area contributed by atoms with Crippen molar-refractivity contribution in [1.29, 1.82) is 0 Å². The van der Waals surface area contributed by atoms with Crippen LogP contribution in [0.3, 0.4) is 0 Å². The molecule has 0 aliphatic carbocycles. The van der Waals surface area contributed by atoms with Gasteiger partial charge in [-0.05, 0) is 12.1 Å². The molecule has 1 N–H and O–H groups in total. The zero-order valence-electron chi connectivity index (χ0n) is 11.8. The number of phenolic OH excluding ortho intramolecular Hbond substituents is 1. The fourth-order valence-electron chi connectivity index (χ4n) is 2.72. The van der Waals surface area contributed by atoms with Crippen LogP contribution in [-0.4, -0.2) is 5.11 Å². The minimum Gasteiger partial charge on any atom is -0.504 e. The molecule has 0 saturated carbocycles. The zero-order chi connectivity index (χ0) is 15.0. The SMILES string of the molecule is Oc1cccc2c1OC(c1ccccc1)(c1ccccc1)O2. The van der Waals surface area contributed by atoms with E-state index >= 15 is 0 Å². The maximum atomic E-state index is 10.1. The second kappa shape index (κ2) is 4.81. The van der Waals surface area contributed by atoms with Crippen LogP contribution in [0.5, 0.6) is 17.2 Å². The molecule has 4 rings (SSSR count). The zero-order valence-corrected chi connectivity index (χ0v) is 11.8. The van der Waals surface area contributed by atoms with Crippen LogP contribution < -0.4 is 9.47 Å². The molecule has 3 heteroatoms. The van der Waals surface area contributed by atoms with Gasteiger partial charge < -0.3 is 14.6 Å². The van der Waals surface area contributed by atoms with Gasteiger partial charge in [-0.1, -0.05) is 66.7 Å². The molecule has 22 heavy (non-hydrogen) atoms. The van der Waals surface area contributed by atoms with E-state index in [0.29, 0.717) is 11.5 Å². The topological polar surface area (TPSA) is 38.7 Å². The van der Waals surface area contributed by atoms with E-state index in [0.717, 1.165) is 11.1 Å². The van der Waals surface area contributed by atoms with E-state index in [-0.39, 0.29) is 5.75 Å². The number of hydrogen-bond acceptors (Lipinski definition) is 3. The van der Waals surface area contributed by atoms with Crippen LogP contribution in [0.25, 0.3) is 0 Å². The van der Waals surface area contributed by atoms with Crippen molar-refractivity contribution in [2.45, 2.75) is 5.79 Å². The van der Waals surface area contributed by atoms with E-state index < -0.39 is 5.79 Å². The summed E-state index contributed by atoms with van der Waals surface area (Å²) in [4.78, 5) is 0. The second-order valence-electron chi connectivity index (χ2n) is 5.16. The summed E-state index contributed by atoms with van der Waals surface area (Å²) < 4.78 is 12.3. The summed E-state index contributed by atoms with van der Waals surface area (Å²) in [7, 11) is 0. The fraction of sp³-hybridized carbons (Fsp3) is 0.0526. The van der Waals surface area contributed by atoms with Crippen molar-refractivity contribution < 1.29 is 14.6 Å². The van der Waals surface area contributed by atoms with Crippen LogP contribution in [-0.2, 0) is 5.79 Å². The summed E-state index contributed by atoms with van der Waals surface area (Å²) in [6.07, 6.45) is 0. The first kappa shape index (κ1) is 12.8. The summed E-state index contributed by atoms with van der Waals surface area (Å²) in [5.41, 5.74) is 1.74. The standard InChI is InChI=1S/C19H14O3/c20-16-12-7-13-17-18(16)22-19(21-17,14-8-3-1-4-9-14)15-10-5-2-6-11-15/h1-13,20H. The quantitative estimate of drug-likeness (QED) is 0.773. The summed E-state index contributed by atoms with van der Waals surface area (Å²) >= 11 is 0. The van der Waals surface area contributed by atoms with Gasteiger partial charge in [0.2, 0.25) is 5.75 Å². The molecule has 3 aromatic rings. The van der Waals surface area contributed by atoms with Gasteiger partial charge in [0, 0.05) is 11.1 Å². The minimum absolute atomic E-state index is 0.0752. The maximum absolute atomic E-state index is 10.1. The fourth-order valence-corrected chi connectivity index (χ4v) is 2.72. The first-order chi connectivity index (χ1) is 10.8. The minimum atomic E-state index is -1.08. The molecule has 1 aliphatic heterocycles. The van der Waals surface area contributed by atoms with E-state index in [9.17, 15) is 5.11 Å². The Kier molecular flexibility index (Phi) is 2.79. The molecule has 0 bridgehead atoms. The predicted molar refractivity (Wildman–Crippen MR) is 83.0 cm³/mol. The van der Waals surface area contributed by atoms with Crippen molar-refractivity contribution in [2.75, 3.05) is 0 Å². The van der Waals surface area contributed by atoms with Crippen LogP contribution >= 0.6 is 0 Å². The third-order valence-electron chi connectivity index (χ3n) is 3.77. The predicted octanol–water partition coefficient (Wildman–Crippen LogP) is 4.06. The molecule has 0 amide bonds. The molecule has 0 atom stereocenters. The summed E-state index contributed by atoms with van der Waals surface area (Å²) in [6.45, 7) is 0. The van der Waals surface area contributed by atoms with Crippen molar-refractivity contribution >= 4 is 0 Å². The molecule has 0 spiro atoms. The molecular weight excluding hydrogens is 276 g/mol. The van der Waals surface area contributed by atoms with E-state index in [1.807, 2.05) is 60.7 Å². The van der Waals surface area contributed by atoms with Gasteiger partial charge >= 0.3 is 5.79 Å². The van der Waals surface area contributed by atoms with Gasteiger partial charge in [0.25, 0.3) is 0 Å². The molecule has 0 saturated heterocycles. The second-order valence-corrected chi connectivity index (χ2v) is 5.16. The average molecular weight is 290 g/mol. The molecular formula is C19H14O3. The third kappa shape index (κ3) is 1.83. The highest BCUT2D eigenvalue weighted by Crippen LogP contribution is 2.51. The van der Waals surface area contributed by atoms with Gasteiger partial charge in [-0.15, -0.1) is 0 Å². The van der Waals surface area contributed by atoms with Gasteiger partial charge in [0.05, 0.1) is 0 Å². The Morgan fingerprint density at radius 2 is 1.23 bits per heavy atom. The summed E-state index contributed by atoms with van der Waals surface area (Å²) in [5.74, 6) is -0.0990. The smallest absolute Gasteiger partial charge is 0.305 e. The monoisotopic (exact) mass is 290 g/mol. The third-order valence-corrected chi connectivity index (χ3v) is 3.77. The van der Waals surface area contributed by atoms with E-state index in [2.05, 4.69) is 0 Å². The number of para-hydroxylation sites is 1. The lowest BCUT2D eigenvalue weighted by molar-refractivity contribution is -0.0467. The molecule has 0 unspecified atom stereocenters. The Morgan fingerprint density at radius 1 is 0.636 bits per heavy atom. The van der Waals surface area contributed by atoms with Crippen LogP contribution in [0.4, 0.5) is 0 Å². The lowest BCUT2D eigenvalue weighted by Gasteiger charge is -2.28. The number of ether oxygens (including phenoxy) is 2. The average Bonchev–Trinajstić information content (AvgIpc) is 2.99. The lowest BCUT2D eigenvalue weighted by Crippen LogP contribution is -2.36.